The Balaban J connectivity index is 2.64. The first kappa shape index (κ1) is 11.8. The average Bonchev–Trinajstić information content (AvgIpc) is 2.46. The van der Waals surface area contributed by atoms with Crippen molar-refractivity contribution < 1.29 is 0 Å². The molecule has 0 aliphatic heterocycles. The van der Waals surface area contributed by atoms with E-state index >= 15 is 0 Å². The Bertz CT molecular complexity index is 271. The summed E-state index contributed by atoms with van der Waals surface area (Å²) in [7, 11) is 1.96. The smallest absolute Gasteiger partial charge is 0.0521 e. The highest BCUT2D eigenvalue weighted by molar-refractivity contribution is 9.09. The lowest BCUT2D eigenvalue weighted by molar-refractivity contribution is 0.383. The van der Waals surface area contributed by atoms with Crippen LogP contribution in [0.5, 0.6) is 0 Å². The molecular formula is C11H19BrN2. The van der Waals surface area contributed by atoms with Crippen molar-refractivity contribution in [3.63, 3.8) is 0 Å². The lowest BCUT2D eigenvalue weighted by Gasteiger charge is -2.22. The molecule has 80 valence electrons. The van der Waals surface area contributed by atoms with Crippen molar-refractivity contribution in [2.45, 2.75) is 32.0 Å². The van der Waals surface area contributed by atoms with Gasteiger partial charge in [-0.05, 0) is 23.8 Å². The van der Waals surface area contributed by atoms with Gasteiger partial charge in [0.05, 0.1) is 6.20 Å². The maximum atomic E-state index is 4.19. The minimum atomic E-state index is 0.558. The van der Waals surface area contributed by atoms with Crippen molar-refractivity contribution in [2.24, 2.45) is 18.9 Å². The van der Waals surface area contributed by atoms with Gasteiger partial charge >= 0.3 is 0 Å². The number of hydrogen-bond acceptors (Lipinski definition) is 1. The van der Waals surface area contributed by atoms with Crippen molar-refractivity contribution >= 4 is 15.9 Å². The predicted molar refractivity (Wildman–Crippen MR) is 63.6 cm³/mol. The van der Waals surface area contributed by atoms with E-state index in [-0.39, 0.29) is 0 Å². The van der Waals surface area contributed by atoms with Crippen LogP contribution in [-0.2, 0) is 13.5 Å². The zero-order valence-electron chi connectivity index (χ0n) is 9.37. The van der Waals surface area contributed by atoms with Gasteiger partial charge in [-0.3, -0.25) is 4.68 Å². The van der Waals surface area contributed by atoms with Crippen LogP contribution in [0.1, 0.15) is 26.3 Å². The molecule has 0 saturated carbocycles. The van der Waals surface area contributed by atoms with Gasteiger partial charge in [0.1, 0.15) is 0 Å². The van der Waals surface area contributed by atoms with Gasteiger partial charge in [0.2, 0.25) is 0 Å². The molecule has 1 aromatic rings. The average molecular weight is 259 g/mol. The van der Waals surface area contributed by atoms with Gasteiger partial charge < -0.3 is 0 Å². The van der Waals surface area contributed by atoms with Crippen LogP contribution in [0.25, 0.3) is 0 Å². The van der Waals surface area contributed by atoms with Gasteiger partial charge in [0.25, 0.3) is 0 Å². The highest BCUT2D eigenvalue weighted by atomic mass is 79.9. The molecule has 1 heterocycles. The zero-order chi connectivity index (χ0) is 10.7. The second-order valence-corrected chi connectivity index (χ2v) is 5.76. The van der Waals surface area contributed by atoms with E-state index in [1.165, 1.54) is 5.56 Å². The number of hydrogen-bond donors (Lipinski definition) is 0. The van der Waals surface area contributed by atoms with E-state index in [2.05, 4.69) is 48.0 Å². The van der Waals surface area contributed by atoms with E-state index in [4.69, 9.17) is 0 Å². The molecule has 0 amide bonds. The minimum absolute atomic E-state index is 0.558. The van der Waals surface area contributed by atoms with Crippen LogP contribution in [0.2, 0.25) is 0 Å². The summed E-state index contributed by atoms with van der Waals surface area (Å²) < 4.78 is 1.87. The fourth-order valence-electron chi connectivity index (χ4n) is 1.78. The van der Waals surface area contributed by atoms with Crippen molar-refractivity contribution in [3.05, 3.63) is 18.0 Å². The summed E-state index contributed by atoms with van der Waals surface area (Å²) in [5.41, 5.74) is 1.33. The van der Waals surface area contributed by atoms with Crippen molar-refractivity contribution in [3.8, 4) is 0 Å². The lowest BCUT2D eigenvalue weighted by atomic mass is 9.88. The molecule has 0 bridgehead atoms. The van der Waals surface area contributed by atoms with Crippen LogP contribution in [0.3, 0.4) is 0 Å². The molecule has 0 aliphatic rings. The molecule has 0 fully saturated rings. The molecule has 1 aromatic heterocycles. The third kappa shape index (κ3) is 3.12. The Labute approximate surface area is 94.8 Å². The standard InChI is InChI=1S/C11H19BrN2/c1-8(2)11(9(3)12)5-10-6-13-14(4)7-10/h6-9,11H,5H2,1-4H3. The summed E-state index contributed by atoms with van der Waals surface area (Å²) in [6, 6.07) is 0. The number of nitrogens with zero attached hydrogens (tertiary/aromatic N) is 2. The Morgan fingerprint density at radius 2 is 2.07 bits per heavy atom. The van der Waals surface area contributed by atoms with Crippen molar-refractivity contribution in [1.82, 2.24) is 9.78 Å². The summed E-state index contributed by atoms with van der Waals surface area (Å²) >= 11 is 3.68. The summed E-state index contributed by atoms with van der Waals surface area (Å²) in [5, 5.41) is 4.19. The highest BCUT2D eigenvalue weighted by Crippen LogP contribution is 2.25. The Morgan fingerprint density at radius 3 is 2.43 bits per heavy atom. The maximum Gasteiger partial charge on any atom is 0.0521 e. The minimum Gasteiger partial charge on any atom is -0.276 e. The lowest BCUT2D eigenvalue weighted by Crippen LogP contribution is -2.20. The van der Waals surface area contributed by atoms with Crippen LogP contribution in [-0.4, -0.2) is 14.6 Å². The fraction of sp³-hybridized carbons (Fsp3) is 0.727. The van der Waals surface area contributed by atoms with E-state index in [1.807, 2.05) is 17.9 Å². The molecule has 0 radical (unpaired) electrons. The zero-order valence-corrected chi connectivity index (χ0v) is 11.0. The van der Waals surface area contributed by atoms with Gasteiger partial charge in [-0.2, -0.15) is 5.10 Å². The number of halogens is 1. The molecule has 0 aromatic carbocycles. The second kappa shape index (κ2) is 4.96. The molecule has 0 spiro atoms. The number of aryl methyl sites for hydroxylation is 1. The molecule has 2 unspecified atom stereocenters. The molecule has 2 atom stereocenters. The highest BCUT2D eigenvalue weighted by Gasteiger charge is 2.19. The number of alkyl halides is 1. The van der Waals surface area contributed by atoms with Gasteiger partial charge in [-0.1, -0.05) is 36.7 Å². The van der Waals surface area contributed by atoms with Crippen LogP contribution >= 0.6 is 15.9 Å². The van der Waals surface area contributed by atoms with Crippen LogP contribution in [0.15, 0.2) is 12.4 Å². The first-order valence-electron chi connectivity index (χ1n) is 5.12. The third-order valence-electron chi connectivity index (χ3n) is 2.68. The second-order valence-electron chi connectivity index (χ2n) is 4.31. The Hall–Kier alpha value is -0.310. The molecular weight excluding hydrogens is 240 g/mol. The topological polar surface area (TPSA) is 17.8 Å². The van der Waals surface area contributed by atoms with Crippen LogP contribution in [0.4, 0.5) is 0 Å². The Morgan fingerprint density at radius 1 is 1.43 bits per heavy atom. The maximum absolute atomic E-state index is 4.19. The predicted octanol–water partition coefficient (Wildman–Crippen LogP) is 3.02. The fourth-order valence-corrected chi connectivity index (χ4v) is 2.58. The third-order valence-corrected chi connectivity index (χ3v) is 3.36. The monoisotopic (exact) mass is 258 g/mol. The largest absolute Gasteiger partial charge is 0.276 e. The van der Waals surface area contributed by atoms with Crippen molar-refractivity contribution in [2.75, 3.05) is 0 Å². The van der Waals surface area contributed by atoms with Gasteiger partial charge in [0.15, 0.2) is 0 Å². The van der Waals surface area contributed by atoms with Gasteiger partial charge in [0, 0.05) is 18.1 Å². The molecule has 3 heteroatoms. The quantitative estimate of drug-likeness (QED) is 0.760. The molecule has 1 rings (SSSR count). The van der Waals surface area contributed by atoms with Gasteiger partial charge in [-0.15, -0.1) is 0 Å². The molecule has 0 aliphatic carbocycles. The van der Waals surface area contributed by atoms with E-state index in [0.717, 1.165) is 6.42 Å². The summed E-state index contributed by atoms with van der Waals surface area (Å²) in [6.45, 7) is 6.78. The van der Waals surface area contributed by atoms with Crippen LogP contribution < -0.4 is 0 Å². The SMILES string of the molecule is CC(C)C(Cc1cnn(C)c1)C(C)Br. The molecule has 0 N–H and O–H groups in total. The first-order chi connectivity index (χ1) is 6.50. The van der Waals surface area contributed by atoms with Crippen LogP contribution in [0, 0.1) is 11.8 Å². The summed E-state index contributed by atoms with van der Waals surface area (Å²) in [4.78, 5) is 0.558. The Kier molecular flexibility index (Phi) is 4.17. The van der Waals surface area contributed by atoms with Gasteiger partial charge in [-0.25, -0.2) is 0 Å². The van der Waals surface area contributed by atoms with E-state index < -0.39 is 0 Å². The van der Waals surface area contributed by atoms with E-state index in [0.29, 0.717) is 16.7 Å². The van der Waals surface area contributed by atoms with E-state index in [9.17, 15) is 0 Å². The molecule has 14 heavy (non-hydrogen) atoms. The summed E-state index contributed by atoms with van der Waals surface area (Å²) in [5.74, 6) is 1.38. The number of rotatable bonds is 4. The summed E-state index contributed by atoms with van der Waals surface area (Å²) in [6.07, 6.45) is 5.17. The normalized spacial score (nSPS) is 15.9. The van der Waals surface area contributed by atoms with Crippen molar-refractivity contribution in [1.29, 1.82) is 0 Å². The molecule has 2 nitrogen and oxygen atoms in total. The number of aromatic nitrogens is 2. The molecule has 0 saturated heterocycles. The first-order valence-corrected chi connectivity index (χ1v) is 6.04. The van der Waals surface area contributed by atoms with E-state index in [1.54, 1.807) is 0 Å².